The first-order chi connectivity index (χ1) is 8.20. The van der Waals surface area contributed by atoms with E-state index in [1.807, 2.05) is 0 Å². The van der Waals surface area contributed by atoms with Crippen molar-refractivity contribution in [3.63, 3.8) is 0 Å². The lowest BCUT2D eigenvalue weighted by atomic mass is 10.0. The number of ether oxygens (including phenoxy) is 2. The van der Waals surface area contributed by atoms with Crippen LogP contribution in [-0.4, -0.2) is 37.3 Å². The van der Waals surface area contributed by atoms with Crippen molar-refractivity contribution in [2.24, 2.45) is 0 Å². The van der Waals surface area contributed by atoms with Gasteiger partial charge >= 0.3 is 0 Å². The van der Waals surface area contributed by atoms with E-state index in [9.17, 15) is 9.90 Å². The van der Waals surface area contributed by atoms with Crippen molar-refractivity contribution in [3.8, 4) is 5.75 Å². The van der Waals surface area contributed by atoms with Crippen molar-refractivity contribution >= 4 is 5.78 Å². The molecule has 1 atom stereocenters. The van der Waals surface area contributed by atoms with E-state index in [0.29, 0.717) is 30.9 Å². The third-order valence-electron chi connectivity index (χ3n) is 2.39. The second kappa shape index (κ2) is 7.04. The molecular weight excluding hydrogens is 220 g/mol. The van der Waals surface area contributed by atoms with Gasteiger partial charge in [-0.05, 0) is 18.6 Å². The number of carbonyl (C=O) groups excluding carboxylic acids is 1. The molecule has 0 saturated carbocycles. The molecule has 0 bridgehead atoms. The Bertz CT molecular complexity index is 362. The number of aliphatic hydroxyl groups is 1. The van der Waals surface area contributed by atoms with Gasteiger partial charge in [0.1, 0.15) is 18.5 Å². The van der Waals surface area contributed by atoms with E-state index in [-0.39, 0.29) is 5.78 Å². The highest BCUT2D eigenvalue weighted by Crippen LogP contribution is 2.20. The van der Waals surface area contributed by atoms with Crippen LogP contribution in [0.2, 0.25) is 0 Å². The highest BCUT2D eigenvalue weighted by atomic mass is 16.5. The number of aliphatic hydroxyl groups excluding tert-OH is 1. The van der Waals surface area contributed by atoms with Crippen molar-refractivity contribution in [2.75, 3.05) is 20.3 Å². The zero-order valence-corrected chi connectivity index (χ0v) is 10.2. The van der Waals surface area contributed by atoms with Gasteiger partial charge in [0, 0.05) is 7.11 Å². The Hall–Kier alpha value is -1.39. The Balaban J connectivity index is 2.80. The van der Waals surface area contributed by atoms with Gasteiger partial charge in [0.15, 0.2) is 5.78 Å². The number of para-hydroxylation sites is 1. The predicted octanol–water partition coefficient (Wildman–Crippen LogP) is 1.67. The van der Waals surface area contributed by atoms with Crippen molar-refractivity contribution in [1.82, 2.24) is 0 Å². The first-order valence-electron chi connectivity index (χ1n) is 5.63. The summed E-state index contributed by atoms with van der Waals surface area (Å²) in [5.41, 5.74) is 0.415. The molecule has 0 aliphatic rings. The smallest absolute Gasteiger partial charge is 0.194 e. The van der Waals surface area contributed by atoms with Crippen molar-refractivity contribution < 1.29 is 19.4 Å². The molecule has 0 spiro atoms. The van der Waals surface area contributed by atoms with E-state index in [2.05, 4.69) is 0 Å². The van der Waals surface area contributed by atoms with Crippen LogP contribution in [0, 0.1) is 0 Å². The number of methoxy groups -OCH3 is 1. The Morgan fingerprint density at radius 3 is 2.71 bits per heavy atom. The van der Waals surface area contributed by atoms with Crippen LogP contribution in [0.3, 0.4) is 0 Å². The zero-order valence-electron chi connectivity index (χ0n) is 10.2. The van der Waals surface area contributed by atoms with Crippen LogP contribution >= 0.6 is 0 Å². The van der Waals surface area contributed by atoms with Crippen molar-refractivity contribution in [1.29, 1.82) is 0 Å². The van der Waals surface area contributed by atoms with Gasteiger partial charge in [0.2, 0.25) is 0 Å². The van der Waals surface area contributed by atoms with Gasteiger partial charge in [-0.2, -0.15) is 0 Å². The Morgan fingerprint density at radius 2 is 2.06 bits per heavy atom. The molecule has 94 valence electrons. The molecule has 1 rings (SSSR count). The SMILES string of the molecule is CCC(O)C(=O)c1ccccc1OCCOC. The van der Waals surface area contributed by atoms with Gasteiger partial charge in [-0.1, -0.05) is 19.1 Å². The number of carbonyl (C=O) groups is 1. The molecule has 0 heterocycles. The number of benzene rings is 1. The molecule has 4 heteroatoms. The lowest BCUT2D eigenvalue weighted by Gasteiger charge is -2.12. The van der Waals surface area contributed by atoms with Crippen LogP contribution in [-0.2, 0) is 4.74 Å². The van der Waals surface area contributed by atoms with Gasteiger partial charge in [-0.15, -0.1) is 0 Å². The maximum atomic E-state index is 11.9. The first kappa shape index (κ1) is 13.7. The third-order valence-corrected chi connectivity index (χ3v) is 2.39. The second-order valence-electron chi connectivity index (χ2n) is 3.63. The summed E-state index contributed by atoms with van der Waals surface area (Å²) < 4.78 is 10.3. The summed E-state index contributed by atoms with van der Waals surface area (Å²) in [6.07, 6.45) is -0.576. The molecule has 0 aliphatic carbocycles. The van der Waals surface area contributed by atoms with Gasteiger partial charge < -0.3 is 14.6 Å². The van der Waals surface area contributed by atoms with E-state index < -0.39 is 6.10 Å². The predicted molar refractivity (Wildman–Crippen MR) is 64.4 cm³/mol. The Labute approximate surface area is 101 Å². The van der Waals surface area contributed by atoms with Crippen LogP contribution in [0.4, 0.5) is 0 Å². The molecule has 1 aromatic rings. The summed E-state index contributed by atoms with van der Waals surface area (Å²) in [4.78, 5) is 11.9. The number of Topliss-reactive ketones (excluding diaryl/α,β-unsaturated/α-hetero) is 1. The highest BCUT2D eigenvalue weighted by molar-refractivity contribution is 6.01. The Kier molecular flexibility index (Phi) is 5.66. The molecule has 0 aliphatic heterocycles. The quantitative estimate of drug-likeness (QED) is 0.580. The summed E-state index contributed by atoms with van der Waals surface area (Å²) in [7, 11) is 1.58. The molecule has 0 fully saturated rings. The molecule has 1 unspecified atom stereocenters. The van der Waals surface area contributed by atoms with Gasteiger partial charge in [-0.25, -0.2) is 0 Å². The summed E-state index contributed by atoms with van der Waals surface area (Å²) in [5, 5.41) is 9.55. The number of hydrogen-bond donors (Lipinski definition) is 1. The van der Waals surface area contributed by atoms with E-state index in [1.165, 1.54) is 0 Å². The lowest BCUT2D eigenvalue weighted by Crippen LogP contribution is -2.20. The molecule has 0 saturated heterocycles. The highest BCUT2D eigenvalue weighted by Gasteiger charge is 2.18. The van der Waals surface area contributed by atoms with Gasteiger partial charge in [0.25, 0.3) is 0 Å². The van der Waals surface area contributed by atoms with Crippen LogP contribution in [0.5, 0.6) is 5.75 Å². The van der Waals surface area contributed by atoms with Crippen LogP contribution in [0.15, 0.2) is 24.3 Å². The number of rotatable bonds is 7. The minimum absolute atomic E-state index is 0.305. The monoisotopic (exact) mass is 238 g/mol. The van der Waals surface area contributed by atoms with E-state index in [4.69, 9.17) is 9.47 Å². The fourth-order valence-electron chi connectivity index (χ4n) is 1.40. The lowest BCUT2D eigenvalue weighted by molar-refractivity contribution is 0.0734. The van der Waals surface area contributed by atoms with Crippen molar-refractivity contribution in [3.05, 3.63) is 29.8 Å². The van der Waals surface area contributed by atoms with E-state index in [0.717, 1.165) is 0 Å². The van der Waals surface area contributed by atoms with Crippen LogP contribution in [0.1, 0.15) is 23.7 Å². The molecule has 4 nitrogen and oxygen atoms in total. The van der Waals surface area contributed by atoms with Gasteiger partial charge in [0.05, 0.1) is 12.2 Å². The minimum Gasteiger partial charge on any atom is -0.490 e. The standard InChI is InChI=1S/C13H18O4/c1-3-11(14)13(15)10-6-4-5-7-12(10)17-9-8-16-2/h4-7,11,14H,3,8-9H2,1-2H3. The van der Waals surface area contributed by atoms with Crippen molar-refractivity contribution in [2.45, 2.75) is 19.4 Å². The average Bonchev–Trinajstić information content (AvgIpc) is 2.38. The van der Waals surface area contributed by atoms with E-state index in [1.54, 1.807) is 38.3 Å². The van der Waals surface area contributed by atoms with Crippen LogP contribution in [0.25, 0.3) is 0 Å². The molecular formula is C13H18O4. The minimum atomic E-state index is -0.970. The third kappa shape index (κ3) is 3.84. The molecule has 1 N–H and O–H groups in total. The topological polar surface area (TPSA) is 55.8 Å². The van der Waals surface area contributed by atoms with Crippen LogP contribution < -0.4 is 4.74 Å². The molecule has 0 aromatic heterocycles. The number of hydrogen-bond acceptors (Lipinski definition) is 4. The largest absolute Gasteiger partial charge is 0.490 e. The average molecular weight is 238 g/mol. The fourth-order valence-corrected chi connectivity index (χ4v) is 1.40. The number of ketones is 1. The molecule has 0 amide bonds. The molecule has 0 radical (unpaired) electrons. The zero-order chi connectivity index (χ0) is 12.7. The first-order valence-corrected chi connectivity index (χ1v) is 5.63. The maximum absolute atomic E-state index is 11.9. The second-order valence-corrected chi connectivity index (χ2v) is 3.63. The maximum Gasteiger partial charge on any atom is 0.194 e. The summed E-state index contributed by atoms with van der Waals surface area (Å²) in [6.45, 7) is 2.60. The summed E-state index contributed by atoms with van der Waals surface area (Å²) >= 11 is 0. The normalized spacial score (nSPS) is 12.2. The molecule has 1 aromatic carbocycles. The fraction of sp³-hybridized carbons (Fsp3) is 0.462. The van der Waals surface area contributed by atoms with Gasteiger partial charge in [-0.3, -0.25) is 4.79 Å². The van der Waals surface area contributed by atoms with E-state index >= 15 is 0 Å². The summed E-state index contributed by atoms with van der Waals surface area (Å²) in [5.74, 6) is 0.183. The Morgan fingerprint density at radius 1 is 1.35 bits per heavy atom. The molecule has 17 heavy (non-hydrogen) atoms. The summed E-state index contributed by atoms with van der Waals surface area (Å²) in [6, 6.07) is 6.91.